The van der Waals surface area contributed by atoms with E-state index in [0.29, 0.717) is 19.8 Å². The van der Waals surface area contributed by atoms with Crippen LogP contribution in [0, 0.1) is 5.92 Å². The lowest BCUT2D eigenvalue weighted by atomic mass is 10.0. The van der Waals surface area contributed by atoms with Crippen LogP contribution in [0.15, 0.2) is 0 Å². The van der Waals surface area contributed by atoms with Gasteiger partial charge in [-0.05, 0) is 13.3 Å². The first-order chi connectivity index (χ1) is 6.24. The molecule has 0 N–H and O–H groups in total. The van der Waals surface area contributed by atoms with Crippen molar-refractivity contribution >= 4 is 11.8 Å². The Kier molecular flexibility index (Phi) is 3.89. The number of rotatable bonds is 4. The largest absolute Gasteiger partial charge is 0.466 e. The highest BCUT2D eigenvalue weighted by Crippen LogP contribution is 2.15. The van der Waals surface area contributed by atoms with E-state index in [1.165, 1.54) is 0 Å². The zero-order valence-electron chi connectivity index (χ0n) is 7.75. The number of hydrogen-bond acceptors (Lipinski definition) is 4. The van der Waals surface area contributed by atoms with Crippen molar-refractivity contribution in [3.05, 3.63) is 0 Å². The van der Waals surface area contributed by atoms with Gasteiger partial charge in [0.2, 0.25) is 0 Å². The van der Waals surface area contributed by atoms with Gasteiger partial charge in [0.15, 0.2) is 0 Å². The Morgan fingerprint density at radius 1 is 1.54 bits per heavy atom. The maximum atomic E-state index is 11.3. The standard InChI is InChI=1S/C9H14O4/c1-2-13-9(11)5-8(10)7-3-4-12-6-7/h7H,2-6H2,1H3/t7-/m1/s1. The zero-order valence-corrected chi connectivity index (χ0v) is 7.75. The van der Waals surface area contributed by atoms with Crippen molar-refractivity contribution in [1.82, 2.24) is 0 Å². The molecule has 1 aliphatic rings. The number of carbonyl (C=O) groups is 2. The Hall–Kier alpha value is -0.900. The van der Waals surface area contributed by atoms with Crippen LogP contribution in [-0.2, 0) is 19.1 Å². The van der Waals surface area contributed by atoms with Crippen LogP contribution in [-0.4, -0.2) is 31.6 Å². The molecule has 1 heterocycles. The molecule has 74 valence electrons. The van der Waals surface area contributed by atoms with Crippen LogP contribution in [0.5, 0.6) is 0 Å². The van der Waals surface area contributed by atoms with Gasteiger partial charge in [-0.3, -0.25) is 9.59 Å². The molecule has 1 saturated heterocycles. The molecule has 0 aromatic rings. The van der Waals surface area contributed by atoms with E-state index in [1.807, 2.05) is 0 Å². The van der Waals surface area contributed by atoms with Gasteiger partial charge in [0.05, 0.1) is 13.2 Å². The summed E-state index contributed by atoms with van der Waals surface area (Å²) in [7, 11) is 0. The van der Waals surface area contributed by atoms with Crippen LogP contribution in [0.3, 0.4) is 0 Å². The highest BCUT2D eigenvalue weighted by atomic mass is 16.5. The van der Waals surface area contributed by atoms with Gasteiger partial charge in [-0.15, -0.1) is 0 Å². The molecule has 0 aromatic carbocycles. The first-order valence-corrected chi connectivity index (χ1v) is 4.50. The maximum absolute atomic E-state index is 11.3. The smallest absolute Gasteiger partial charge is 0.313 e. The van der Waals surface area contributed by atoms with E-state index in [-0.39, 0.29) is 18.1 Å². The zero-order chi connectivity index (χ0) is 9.68. The van der Waals surface area contributed by atoms with Gasteiger partial charge in [-0.2, -0.15) is 0 Å². The highest BCUT2D eigenvalue weighted by molar-refractivity contribution is 5.96. The predicted molar refractivity (Wildman–Crippen MR) is 45.2 cm³/mol. The van der Waals surface area contributed by atoms with E-state index in [2.05, 4.69) is 4.74 Å². The van der Waals surface area contributed by atoms with Crippen LogP contribution in [0.25, 0.3) is 0 Å². The van der Waals surface area contributed by atoms with Crippen LogP contribution in [0.1, 0.15) is 19.8 Å². The number of esters is 1. The van der Waals surface area contributed by atoms with Crippen molar-refractivity contribution in [2.45, 2.75) is 19.8 Å². The minimum atomic E-state index is -0.431. The van der Waals surface area contributed by atoms with E-state index in [1.54, 1.807) is 6.92 Å². The lowest BCUT2D eigenvalue weighted by Gasteiger charge is -2.05. The monoisotopic (exact) mass is 186 g/mol. The summed E-state index contributed by atoms with van der Waals surface area (Å²) in [4.78, 5) is 22.3. The Labute approximate surface area is 77.2 Å². The van der Waals surface area contributed by atoms with Gasteiger partial charge < -0.3 is 9.47 Å². The molecule has 0 radical (unpaired) electrons. The predicted octanol–water partition coefficient (Wildman–Crippen LogP) is 0.545. The SMILES string of the molecule is CCOC(=O)CC(=O)[C@@H]1CCOC1. The van der Waals surface area contributed by atoms with Crippen molar-refractivity contribution in [1.29, 1.82) is 0 Å². The van der Waals surface area contributed by atoms with E-state index >= 15 is 0 Å². The summed E-state index contributed by atoms with van der Waals surface area (Å²) in [6, 6.07) is 0. The fourth-order valence-electron chi connectivity index (χ4n) is 1.29. The minimum Gasteiger partial charge on any atom is -0.466 e. The summed E-state index contributed by atoms with van der Waals surface area (Å²) in [5, 5.41) is 0. The normalized spacial score (nSPS) is 21.5. The van der Waals surface area contributed by atoms with Crippen LogP contribution < -0.4 is 0 Å². The lowest BCUT2D eigenvalue weighted by Crippen LogP contribution is -2.19. The number of ketones is 1. The fraction of sp³-hybridized carbons (Fsp3) is 0.778. The molecular formula is C9H14O4. The first kappa shape index (κ1) is 10.2. The fourth-order valence-corrected chi connectivity index (χ4v) is 1.29. The van der Waals surface area contributed by atoms with Gasteiger partial charge in [-0.25, -0.2) is 0 Å². The molecular weight excluding hydrogens is 172 g/mol. The summed E-state index contributed by atoms with van der Waals surface area (Å²) in [5.74, 6) is -0.584. The molecule has 1 aliphatic heterocycles. The highest BCUT2D eigenvalue weighted by Gasteiger charge is 2.25. The molecule has 0 amide bonds. The third kappa shape index (κ3) is 3.14. The Bertz CT molecular complexity index is 194. The average molecular weight is 186 g/mol. The Morgan fingerprint density at radius 3 is 2.85 bits per heavy atom. The molecule has 0 saturated carbocycles. The number of hydrogen-bond donors (Lipinski definition) is 0. The summed E-state index contributed by atoms with van der Waals surface area (Å²) in [6.45, 7) is 3.13. The van der Waals surface area contributed by atoms with Gasteiger partial charge in [-0.1, -0.05) is 0 Å². The Balaban J connectivity index is 2.27. The number of Topliss-reactive ketones (excluding diaryl/α,β-unsaturated/α-hetero) is 1. The molecule has 0 aromatic heterocycles. The lowest BCUT2D eigenvalue weighted by molar-refractivity contribution is -0.146. The van der Waals surface area contributed by atoms with Gasteiger partial charge in [0.1, 0.15) is 12.2 Å². The topological polar surface area (TPSA) is 52.6 Å². The van der Waals surface area contributed by atoms with Crippen LogP contribution >= 0.6 is 0 Å². The van der Waals surface area contributed by atoms with Crippen molar-refractivity contribution in [2.75, 3.05) is 19.8 Å². The van der Waals surface area contributed by atoms with Crippen molar-refractivity contribution in [2.24, 2.45) is 5.92 Å². The molecule has 0 spiro atoms. The van der Waals surface area contributed by atoms with Gasteiger partial charge in [0.25, 0.3) is 0 Å². The van der Waals surface area contributed by atoms with E-state index in [9.17, 15) is 9.59 Å². The van der Waals surface area contributed by atoms with Crippen molar-refractivity contribution in [3.8, 4) is 0 Å². The van der Waals surface area contributed by atoms with E-state index in [0.717, 1.165) is 6.42 Å². The molecule has 0 aliphatic carbocycles. The van der Waals surface area contributed by atoms with E-state index in [4.69, 9.17) is 4.74 Å². The molecule has 1 fully saturated rings. The minimum absolute atomic E-state index is 0.0593. The molecule has 0 unspecified atom stereocenters. The van der Waals surface area contributed by atoms with Gasteiger partial charge >= 0.3 is 5.97 Å². The summed E-state index contributed by atoms with van der Waals surface area (Å²) >= 11 is 0. The van der Waals surface area contributed by atoms with Crippen molar-refractivity contribution in [3.63, 3.8) is 0 Å². The second-order valence-electron chi connectivity index (χ2n) is 3.01. The van der Waals surface area contributed by atoms with Crippen LogP contribution in [0.4, 0.5) is 0 Å². The Morgan fingerprint density at radius 2 is 2.31 bits per heavy atom. The van der Waals surface area contributed by atoms with Gasteiger partial charge in [0, 0.05) is 12.5 Å². The number of ether oxygens (including phenoxy) is 2. The molecule has 4 nitrogen and oxygen atoms in total. The molecule has 1 atom stereocenters. The first-order valence-electron chi connectivity index (χ1n) is 4.50. The molecule has 13 heavy (non-hydrogen) atoms. The maximum Gasteiger partial charge on any atom is 0.313 e. The third-order valence-electron chi connectivity index (χ3n) is 2.01. The summed E-state index contributed by atoms with van der Waals surface area (Å²) in [5.41, 5.74) is 0. The van der Waals surface area contributed by atoms with E-state index < -0.39 is 5.97 Å². The summed E-state index contributed by atoms with van der Waals surface area (Å²) in [6.07, 6.45) is 0.625. The van der Waals surface area contributed by atoms with Crippen LogP contribution in [0.2, 0.25) is 0 Å². The second-order valence-corrected chi connectivity index (χ2v) is 3.01. The molecule has 1 rings (SSSR count). The second kappa shape index (κ2) is 4.97. The average Bonchev–Trinajstić information content (AvgIpc) is 2.55. The van der Waals surface area contributed by atoms with Crippen molar-refractivity contribution < 1.29 is 19.1 Å². The third-order valence-corrected chi connectivity index (χ3v) is 2.01. The molecule has 0 bridgehead atoms. The summed E-state index contributed by atoms with van der Waals surface area (Å²) < 4.78 is 9.72. The quantitative estimate of drug-likeness (QED) is 0.475. The number of carbonyl (C=O) groups excluding carboxylic acids is 2. The molecule has 4 heteroatoms.